The first kappa shape index (κ1) is 21.2. The quantitative estimate of drug-likeness (QED) is 0.470. The molecule has 8 nitrogen and oxygen atoms in total. The van der Waals surface area contributed by atoms with Crippen molar-refractivity contribution in [1.29, 1.82) is 0 Å². The van der Waals surface area contributed by atoms with Crippen molar-refractivity contribution in [3.05, 3.63) is 71.1 Å². The molecule has 164 valence electrons. The van der Waals surface area contributed by atoms with Crippen LogP contribution in [0.1, 0.15) is 52.1 Å². The number of nitrogens with one attached hydrogen (secondary N) is 2. The topological polar surface area (TPSA) is 102 Å². The molecule has 4 aromatic rings. The van der Waals surface area contributed by atoms with Crippen molar-refractivity contribution in [3.63, 3.8) is 0 Å². The number of hydrazine groups is 1. The Balaban J connectivity index is 1.72. The average Bonchev–Trinajstić information content (AvgIpc) is 3.33. The molecule has 32 heavy (non-hydrogen) atoms. The van der Waals surface area contributed by atoms with Gasteiger partial charge in [0.25, 0.3) is 11.8 Å². The van der Waals surface area contributed by atoms with Gasteiger partial charge in [-0.05, 0) is 52.0 Å². The van der Waals surface area contributed by atoms with E-state index >= 15 is 0 Å². The molecular weight excluding hydrogens is 413 g/mol. The third-order valence-electron chi connectivity index (χ3n) is 5.03. The van der Waals surface area contributed by atoms with Gasteiger partial charge in [-0.25, -0.2) is 14.1 Å². The van der Waals surface area contributed by atoms with Crippen LogP contribution in [0.4, 0.5) is 4.39 Å². The lowest BCUT2D eigenvalue weighted by atomic mass is 10.1. The number of rotatable bonds is 4. The van der Waals surface area contributed by atoms with Gasteiger partial charge in [-0.1, -0.05) is 12.1 Å². The minimum atomic E-state index is -0.763. The van der Waals surface area contributed by atoms with Crippen molar-refractivity contribution in [1.82, 2.24) is 25.6 Å². The fourth-order valence-electron chi connectivity index (χ4n) is 3.50. The molecule has 0 fully saturated rings. The summed E-state index contributed by atoms with van der Waals surface area (Å²) in [5.74, 6) is -0.633. The standard InChI is InChI=1S/C23H22FN5O3/c1-12(2)29-21-18(11-25-29)17(10-20(26-21)16-9-13(3)32-14(16)4)23(31)28-27-22(30)15-7-5-6-8-19(15)24/h5-12H,1-4H3,(H,27,30)(H,28,31). The number of hydrogen-bond acceptors (Lipinski definition) is 5. The fraction of sp³-hybridized carbons (Fsp3) is 0.217. The van der Waals surface area contributed by atoms with Crippen LogP contribution in [-0.4, -0.2) is 26.6 Å². The van der Waals surface area contributed by atoms with E-state index in [9.17, 15) is 14.0 Å². The zero-order chi connectivity index (χ0) is 23.0. The average molecular weight is 435 g/mol. The molecular formula is C23H22FN5O3. The second-order valence-electron chi connectivity index (χ2n) is 7.69. The van der Waals surface area contributed by atoms with Crippen LogP contribution in [-0.2, 0) is 0 Å². The van der Waals surface area contributed by atoms with Gasteiger partial charge in [-0.3, -0.25) is 20.4 Å². The lowest BCUT2D eigenvalue weighted by Crippen LogP contribution is -2.42. The number of hydrogen-bond donors (Lipinski definition) is 2. The van der Waals surface area contributed by atoms with E-state index in [1.54, 1.807) is 16.9 Å². The predicted octanol–water partition coefficient (Wildman–Crippen LogP) is 4.10. The van der Waals surface area contributed by atoms with E-state index in [2.05, 4.69) is 16.0 Å². The fourth-order valence-corrected chi connectivity index (χ4v) is 3.50. The largest absolute Gasteiger partial charge is 0.466 e. The molecule has 0 radical (unpaired) electrons. The minimum absolute atomic E-state index is 0.0131. The molecule has 0 bridgehead atoms. The van der Waals surface area contributed by atoms with Gasteiger partial charge in [0.15, 0.2) is 5.65 Å². The number of halogens is 1. The lowest BCUT2D eigenvalue weighted by molar-refractivity contribution is 0.0845. The summed E-state index contributed by atoms with van der Waals surface area (Å²) in [7, 11) is 0. The summed E-state index contributed by atoms with van der Waals surface area (Å²) in [6.45, 7) is 7.58. The molecule has 0 saturated carbocycles. The molecule has 1 aromatic carbocycles. The maximum atomic E-state index is 13.9. The lowest BCUT2D eigenvalue weighted by Gasteiger charge is -2.11. The van der Waals surface area contributed by atoms with Gasteiger partial charge >= 0.3 is 0 Å². The first-order valence-corrected chi connectivity index (χ1v) is 10.1. The Bertz CT molecular complexity index is 1340. The number of furan rings is 1. The zero-order valence-electron chi connectivity index (χ0n) is 18.1. The van der Waals surface area contributed by atoms with Gasteiger partial charge in [-0.15, -0.1) is 0 Å². The van der Waals surface area contributed by atoms with Crippen LogP contribution in [0, 0.1) is 19.7 Å². The van der Waals surface area contributed by atoms with Gasteiger partial charge in [0.1, 0.15) is 17.3 Å². The Kier molecular flexibility index (Phi) is 5.48. The predicted molar refractivity (Wildman–Crippen MR) is 116 cm³/mol. The van der Waals surface area contributed by atoms with E-state index < -0.39 is 17.6 Å². The van der Waals surface area contributed by atoms with Crippen molar-refractivity contribution in [3.8, 4) is 11.3 Å². The summed E-state index contributed by atoms with van der Waals surface area (Å²) in [5.41, 5.74) is 6.54. The molecule has 9 heteroatoms. The highest BCUT2D eigenvalue weighted by Crippen LogP contribution is 2.30. The molecule has 0 unspecified atom stereocenters. The van der Waals surface area contributed by atoms with Crippen LogP contribution >= 0.6 is 0 Å². The third-order valence-corrected chi connectivity index (χ3v) is 5.03. The Morgan fingerprint density at radius 1 is 1.06 bits per heavy atom. The van der Waals surface area contributed by atoms with Crippen molar-refractivity contribution < 1.29 is 18.4 Å². The molecule has 2 amide bonds. The van der Waals surface area contributed by atoms with Crippen molar-refractivity contribution in [2.24, 2.45) is 0 Å². The molecule has 0 atom stereocenters. The molecule has 3 aromatic heterocycles. The van der Waals surface area contributed by atoms with E-state index in [0.717, 1.165) is 11.3 Å². The van der Waals surface area contributed by atoms with E-state index in [0.29, 0.717) is 22.5 Å². The first-order valence-electron chi connectivity index (χ1n) is 10.1. The van der Waals surface area contributed by atoms with Gasteiger partial charge in [-0.2, -0.15) is 5.10 Å². The summed E-state index contributed by atoms with van der Waals surface area (Å²) in [5, 5.41) is 4.89. The van der Waals surface area contributed by atoms with E-state index in [1.807, 2.05) is 33.8 Å². The monoisotopic (exact) mass is 435 g/mol. The summed E-state index contributed by atoms with van der Waals surface area (Å²) >= 11 is 0. The SMILES string of the molecule is Cc1cc(-c2cc(C(=O)NNC(=O)c3ccccc3F)c3cnn(C(C)C)c3n2)c(C)o1. The maximum Gasteiger partial charge on any atom is 0.272 e. The molecule has 0 saturated heterocycles. The summed E-state index contributed by atoms with van der Waals surface area (Å²) in [6.07, 6.45) is 1.56. The molecule has 2 N–H and O–H groups in total. The van der Waals surface area contributed by atoms with Crippen LogP contribution in [0.2, 0.25) is 0 Å². The molecule has 4 rings (SSSR count). The number of aryl methyl sites for hydroxylation is 2. The van der Waals surface area contributed by atoms with E-state index in [1.165, 1.54) is 24.3 Å². The molecule has 0 aliphatic carbocycles. The number of benzene rings is 1. The number of carbonyl (C=O) groups excluding carboxylic acids is 2. The second-order valence-corrected chi connectivity index (χ2v) is 7.69. The van der Waals surface area contributed by atoms with Crippen LogP contribution in [0.5, 0.6) is 0 Å². The number of amides is 2. The normalized spacial score (nSPS) is 11.2. The highest BCUT2D eigenvalue weighted by Gasteiger charge is 2.21. The highest BCUT2D eigenvalue weighted by molar-refractivity contribution is 6.07. The number of nitrogens with zero attached hydrogens (tertiary/aromatic N) is 3. The molecule has 3 heterocycles. The number of carbonyl (C=O) groups is 2. The Hall–Kier alpha value is -4.01. The Morgan fingerprint density at radius 2 is 1.75 bits per heavy atom. The second kappa shape index (κ2) is 8.26. The maximum absolute atomic E-state index is 13.9. The zero-order valence-corrected chi connectivity index (χ0v) is 18.1. The smallest absolute Gasteiger partial charge is 0.272 e. The summed E-state index contributed by atoms with van der Waals surface area (Å²) in [4.78, 5) is 30.0. The van der Waals surface area contributed by atoms with Crippen molar-refractivity contribution in [2.45, 2.75) is 33.7 Å². The Labute approximate surface area is 183 Å². The number of pyridine rings is 1. The van der Waals surface area contributed by atoms with Gasteiger partial charge in [0, 0.05) is 11.6 Å². The van der Waals surface area contributed by atoms with Crippen LogP contribution in [0.25, 0.3) is 22.3 Å². The van der Waals surface area contributed by atoms with Gasteiger partial charge in [0.05, 0.1) is 28.4 Å². The van der Waals surface area contributed by atoms with Crippen molar-refractivity contribution >= 4 is 22.8 Å². The summed E-state index contributed by atoms with van der Waals surface area (Å²) in [6, 6.07) is 9.00. The first-order chi connectivity index (χ1) is 15.3. The third kappa shape index (κ3) is 3.84. The summed E-state index contributed by atoms with van der Waals surface area (Å²) < 4.78 is 21.2. The number of aromatic nitrogens is 3. The molecule has 0 aliphatic rings. The van der Waals surface area contributed by atoms with Crippen LogP contribution < -0.4 is 10.9 Å². The van der Waals surface area contributed by atoms with Gasteiger partial charge < -0.3 is 4.42 Å². The van der Waals surface area contributed by atoms with E-state index in [-0.39, 0.29) is 17.2 Å². The van der Waals surface area contributed by atoms with Gasteiger partial charge in [0.2, 0.25) is 0 Å². The molecule has 0 aliphatic heterocycles. The van der Waals surface area contributed by atoms with Crippen LogP contribution in [0.3, 0.4) is 0 Å². The van der Waals surface area contributed by atoms with Crippen LogP contribution in [0.15, 0.2) is 47.0 Å². The highest BCUT2D eigenvalue weighted by atomic mass is 19.1. The van der Waals surface area contributed by atoms with Crippen molar-refractivity contribution in [2.75, 3.05) is 0 Å². The van der Waals surface area contributed by atoms with E-state index in [4.69, 9.17) is 9.40 Å². The molecule has 0 spiro atoms. The minimum Gasteiger partial charge on any atom is -0.466 e. The Morgan fingerprint density at radius 3 is 2.38 bits per heavy atom. The number of fused-ring (bicyclic) bond motifs is 1.